The van der Waals surface area contributed by atoms with Crippen LogP contribution in [-0.2, 0) is 14.4 Å². The molecule has 0 unspecified atom stereocenters. The van der Waals surface area contributed by atoms with Crippen molar-refractivity contribution < 1.29 is 19.1 Å². The number of nitrogens with zero attached hydrogens (tertiary/aromatic N) is 2. The van der Waals surface area contributed by atoms with Crippen molar-refractivity contribution in [3.05, 3.63) is 42.5 Å². The number of methoxy groups -OCH3 is 1. The standard InChI is InChI=1S/C23H25N3O4S/c1-30-19-15-16(8-9-17(19)25-12-4-7-22(25)28)24-21(27)10-11-23(29)26-13-14-31-20-6-3-2-5-18(20)26/h2-3,5-6,8-9,15H,4,7,10-14H2,1H3,(H,24,27). The summed E-state index contributed by atoms with van der Waals surface area (Å²) < 4.78 is 5.43. The lowest BCUT2D eigenvalue weighted by molar-refractivity contribution is -0.122. The Morgan fingerprint density at radius 3 is 2.71 bits per heavy atom. The van der Waals surface area contributed by atoms with Gasteiger partial charge in [-0.3, -0.25) is 14.4 Å². The lowest BCUT2D eigenvalue weighted by Crippen LogP contribution is -2.35. The highest BCUT2D eigenvalue weighted by molar-refractivity contribution is 7.99. The van der Waals surface area contributed by atoms with E-state index >= 15 is 0 Å². The maximum Gasteiger partial charge on any atom is 0.227 e. The van der Waals surface area contributed by atoms with E-state index in [0.717, 1.165) is 22.8 Å². The first-order chi connectivity index (χ1) is 15.1. The summed E-state index contributed by atoms with van der Waals surface area (Å²) in [6, 6.07) is 13.1. The summed E-state index contributed by atoms with van der Waals surface area (Å²) in [5.41, 5.74) is 2.20. The Balaban J connectivity index is 1.36. The van der Waals surface area contributed by atoms with Gasteiger partial charge in [0.1, 0.15) is 5.75 Å². The first-order valence-corrected chi connectivity index (χ1v) is 11.4. The van der Waals surface area contributed by atoms with Crippen LogP contribution in [0.15, 0.2) is 47.4 Å². The molecule has 1 fully saturated rings. The Hall–Kier alpha value is -3.00. The number of para-hydroxylation sites is 1. The van der Waals surface area contributed by atoms with Gasteiger partial charge in [-0.25, -0.2) is 0 Å². The van der Waals surface area contributed by atoms with Crippen LogP contribution in [0.25, 0.3) is 0 Å². The molecule has 162 valence electrons. The number of ether oxygens (including phenoxy) is 1. The molecular weight excluding hydrogens is 414 g/mol. The molecule has 1 N–H and O–H groups in total. The van der Waals surface area contributed by atoms with Gasteiger partial charge in [-0.15, -0.1) is 11.8 Å². The number of rotatable bonds is 6. The molecule has 0 saturated carbocycles. The maximum atomic E-state index is 12.7. The van der Waals surface area contributed by atoms with Crippen LogP contribution in [0.1, 0.15) is 25.7 Å². The van der Waals surface area contributed by atoms with Crippen molar-refractivity contribution in [3.63, 3.8) is 0 Å². The second-order valence-corrected chi connectivity index (χ2v) is 8.58. The second-order valence-electron chi connectivity index (χ2n) is 7.45. The van der Waals surface area contributed by atoms with Gasteiger partial charge in [-0.1, -0.05) is 12.1 Å². The number of thioether (sulfide) groups is 1. The summed E-state index contributed by atoms with van der Waals surface area (Å²) in [6.07, 6.45) is 1.60. The molecule has 0 spiro atoms. The van der Waals surface area contributed by atoms with E-state index in [1.807, 2.05) is 24.3 Å². The molecule has 4 rings (SSSR count). The zero-order valence-corrected chi connectivity index (χ0v) is 18.2. The van der Waals surface area contributed by atoms with Crippen molar-refractivity contribution in [1.29, 1.82) is 0 Å². The van der Waals surface area contributed by atoms with Crippen LogP contribution >= 0.6 is 11.8 Å². The van der Waals surface area contributed by atoms with E-state index in [1.165, 1.54) is 0 Å². The van der Waals surface area contributed by atoms with Crippen LogP contribution in [0.4, 0.5) is 17.1 Å². The highest BCUT2D eigenvalue weighted by Crippen LogP contribution is 2.35. The fourth-order valence-electron chi connectivity index (χ4n) is 3.89. The van der Waals surface area contributed by atoms with Crippen molar-refractivity contribution in [3.8, 4) is 5.75 Å². The minimum Gasteiger partial charge on any atom is -0.494 e. The van der Waals surface area contributed by atoms with E-state index in [2.05, 4.69) is 5.32 Å². The van der Waals surface area contributed by atoms with E-state index in [4.69, 9.17) is 4.74 Å². The van der Waals surface area contributed by atoms with Gasteiger partial charge in [-0.2, -0.15) is 0 Å². The Kier molecular flexibility index (Phi) is 6.46. The minimum atomic E-state index is -0.236. The molecule has 0 aromatic heterocycles. The van der Waals surface area contributed by atoms with Gasteiger partial charge in [0.2, 0.25) is 17.7 Å². The molecular formula is C23H25N3O4S. The molecule has 3 amide bonds. The summed E-state index contributed by atoms with van der Waals surface area (Å²) in [5.74, 6) is 1.17. The number of hydrogen-bond donors (Lipinski definition) is 1. The Morgan fingerprint density at radius 1 is 1.10 bits per heavy atom. The van der Waals surface area contributed by atoms with Crippen LogP contribution < -0.4 is 19.9 Å². The first kappa shape index (κ1) is 21.2. The average molecular weight is 440 g/mol. The molecule has 0 radical (unpaired) electrons. The van der Waals surface area contributed by atoms with Crippen LogP contribution in [-0.4, -0.2) is 43.7 Å². The van der Waals surface area contributed by atoms with Gasteiger partial charge >= 0.3 is 0 Å². The summed E-state index contributed by atoms with van der Waals surface area (Å²) in [4.78, 5) is 41.8. The van der Waals surface area contributed by atoms with Crippen molar-refractivity contribution in [1.82, 2.24) is 0 Å². The maximum absolute atomic E-state index is 12.7. The van der Waals surface area contributed by atoms with Crippen molar-refractivity contribution in [2.24, 2.45) is 0 Å². The molecule has 2 aromatic carbocycles. The molecule has 0 bridgehead atoms. The molecule has 0 aliphatic carbocycles. The van der Waals surface area contributed by atoms with E-state index in [1.54, 1.807) is 46.9 Å². The average Bonchev–Trinajstić information content (AvgIpc) is 3.22. The van der Waals surface area contributed by atoms with Crippen LogP contribution in [0.2, 0.25) is 0 Å². The number of carbonyl (C=O) groups excluding carboxylic acids is 3. The number of hydrogen-bond acceptors (Lipinski definition) is 5. The monoisotopic (exact) mass is 439 g/mol. The predicted molar refractivity (Wildman–Crippen MR) is 122 cm³/mol. The van der Waals surface area contributed by atoms with Gasteiger partial charge in [0.15, 0.2) is 0 Å². The minimum absolute atomic E-state index is 0.0524. The third kappa shape index (κ3) is 4.69. The molecule has 2 aromatic rings. The second kappa shape index (κ2) is 9.43. The predicted octanol–water partition coefficient (Wildman–Crippen LogP) is 3.68. The van der Waals surface area contributed by atoms with Crippen LogP contribution in [0.3, 0.4) is 0 Å². The van der Waals surface area contributed by atoms with Gasteiger partial charge < -0.3 is 19.9 Å². The molecule has 2 heterocycles. The molecule has 7 nitrogen and oxygen atoms in total. The Labute approximate surface area is 185 Å². The van der Waals surface area contributed by atoms with Crippen molar-refractivity contribution >= 4 is 46.5 Å². The fraction of sp³-hybridized carbons (Fsp3) is 0.348. The Bertz CT molecular complexity index is 1010. The highest BCUT2D eigenvalue weighted by Gasteiger charge is 2.25. The first-order valence-electron chi connectivity index (χ1n) is 10.4. The fourth-order valence-corrected chi connectivity index (χ4v) is 4.88. The zero-order chi connectivity index (χ0) is 21.8. The van der Waals surface area contributed by atoms with E-state index < -0.39 is 0 Å². The van der Waals surface area contributed by atoms with Gasteiger partial charge in [0, 0.05) is 54.8 Å². The SMILES string of the molecule is COc1cc(NC(=O)CCC(=O)N2CCSc3ccccc32)ccc1N1CCCC1=O. The smallest absolute Gasteiger partial charge is 0.227 e. The lowest BCUT2D eigenvalue weighted by atomic mass is 10.2. The molecule has 2 aliphatic rings. The number of fused-ring (bicyclic) bond motifs is 1. The third-order valence-electron chi connectivity index (χ3n) is 5.42. The van der Waals surface area contributed by atoms with E-state index in [0.29, 0.717) is 36.6 Å². The van der Waals surface area contributed by atoms with Crippen LogP contribution in [0.5, 0.6) is 5.75 Å². The Morgan fingerprint density at radius 2 is 1.94 bits per heavy atom. The van der Waals surface area contributed by atoms with E-state index in [9.17, 15) is 14.4 Å². The molecule has 1 saturated heterocycles. The molecule has 0 atom stereocenters. The number of amides is 3. The molecule has 31 heavy (non-hydrogen) atoms. The van der Waals surface area contributed by atoms with Gasteiger partial charge in [-0.05, 0) is 30.7 Å². The van der Waals surface area contributed by atoms with Gasteiger partial charge in [0.05, 0.1) is 18.5 Å². The topological polar surface area (TPSA) is 79.0 Å². The summed E-state index contributed by atoms with van der Waals surface area (Å²) in [6.45, 7) is 1.32. The largest absolute Gasteiger partial charge is 0.494 e. The number of nitrogens with one attached hydrogen (secondary N) is 1. The van der Waals surface area contributed by atoms with Crippen molar-refractivity contribution in [2.45, 2.75) is 30.6 Å². The number of carbonyl (C=O) groups is 3. The summed E-state index contributed by atoms with van der Waals surface area (Å²) in [7, 11) is 1.54. The normalized spacial score (nSPS) is 15.6. The van der Waals surface area contributed by atoms with Gasteiger partial charge in [0.25, 0.3) is 0 Å². The zero-order valence-electron chi connectivity index (χ0n) is 17.4. The molecule has 2 aliphatic heterocycles. The van der Waals surface area contributed by atoms with Crippen molar-refractivity contribution in [2.75, 3.05) is 41.1 Å². The lowest BCUT2D eigenvalue weighted by Gasteiger charge is -2.29. The molecule has 8 heteroatoms. The summed E-state index contributed by atoms with van der Waals surface area (Å²) in [5, 5.41) is 2.83. The number of benzene rings is 2. The quantitative estimate of drug-likeness (QED) is 0.743. The highest BCUT2D eigenvalue weighted by atomic mass is 32.2. The third-order valence-corrected chi connectivity index (χ3v) is 6.47. The summed E-state index contributed by atoms with van der Waals surface area (Å²) >= 11 is 1.74. The van der Waals surface area contributed by atoms with E-state index in [-0.39, 0.29) is 30.6 Å². The van der Waals surface area contributed by atoms with Crippen LogP contribution in [0, 0.1) is 0 Å². The number of anilines is 3.